The summed E-state index contributed by atoms with van der Waals surface area (Å²) in [4.78, 5) is 10.9. The summed E-state index contributed by atoms with van der Waals surface area (Å²) in [5, 5.41) is 8.37. The molecule has 0 aliphatic heterocycles. The second kappa shape index (κ2) is 5.86. The largest absolute Gasteiger partial charge is 0.457 e. The van der Waals surface area contributed by atoms with E-state index in [0.29, 0.717) is 11.5 Å². The number of hydroxylamine groups is 1. The first kappa shape index (κ1) is 13.6. The summed E-state index contributed by atoms with van der Waals surface area (Å²) in [6.45, 7) is 2.01. The van der Waals surface area contributed by atoms with Crippen molar-refractivity contribution in [3.05, 3.63) is 52.2 Å². The standard InChI is InChI=1S/C14H12BrNO3/c1-9-2-5-11(12(15)8-9)13-6-3-10(19-13)4-7-14(17)16-18/h2-8,18H,1H3,(H,16,17)/b7-4+. The predicted octanol–water partition coefficient (Wildman–Crippen LogP) is 3.54. The molecule has 2 N–H and O–H groups in total. The molecule has 0 fully saturated rings. The molecule has 1 heterocycles. The Balaban J connectivity index is 2.26. The van der Waals surface area contributed by atoms with Crippen LogP contribution in [0.2, 0.25) is 0 Å². The van der Waals surface area contributed by atoms with Crippen molar-refractivity contribution in [1.29, 1.82) is 0 Å². The Hall–Kier alpha value is -1.85. The summed E-state index contributed by atoms with van der Waals surface area (Å²) in [5.74, 6) is 0.636. The van der Waals surface area contributed by atoms with Gasteiger partial charge in [-0.3, -0.25) is 10.0 Å². The van der Waals surface area contributed by atoms with Gasteiger partial charge in [0.1, 0.15) is 11.5 Å². The zero-order valence-corrected chi connectivity index (χ0v) is 11.8. The van der Waals surface area contributed by atoms with Crippen LogP contribution in [0.25, 0.3) is 17.4 Å². The van der Waals surface area contributed by atoms with Gasteiger partial charge in [-0.2, -0.15) is 0 Å². The fraction of sp³-hybridized carbons (Fsp3) is 0.0714. The molecule has 0 spiro atoms. The lowest BCUT2D eigenvalue weighted by Gasteiger charge is -2.01. The minimum Gasteiger partial charge on any atom is -0.457 e. The normalized spacial score (nSPS) is 10.9. The molecule has 2 aromatic rings. The number of hydrogen-bond donors (Lipinski definition) is 2. The average molecular weight is 322 g/mol. The smallest absolute Gasteiger partial charge is 0.267 e. The highest BCUT2D eigenvalue weighted by atomic mass is 79.9. The molecule has 0 unspecified atom stereocenters. The van der Waals surface area contributed by atoms with Gasteiger partial charge in [-0.1, -0.05) is 22.0 Å². The Bertz CT molecular complexity index is 631. The Morgan fingerprint density at radius 2 is 2.16 bits per heavy atom. The molecular weight excluding hydrogens is 310 g/mol. The van der Waals surface area contributed by atoms with Crippen molar-refractivity contribution in [3.63, 3.8) is 0 Å². The topological polar surface area (TPSA) is 62.5 Å². The molecule has 0 saturated heterocycles. The second-order valence-electron chi connectivity index (χ2n) is 3.99. The number of benzene rings is 1. The molecule has 0 bridgehead atoms. The van der Waals surface area contributed by atoms with E-state index in [4.69, 9.17) is 9.62 Å². The quantitative estimate of drug-likeness (QED) is 0.516. The molecule has 5 heteroatoms. The Morgan fingerprint density at radius 1 is 1.37 bits per heavy atom. The molecule has 0 saturated carbocycles. The van der Waals surface area contributed by atoms with Gasteiger partial charge in [0.25, 0.3) is 5.91 Å². The fourth-order valence-corrected chi connectivity index (χ4v) is 2.29. The van der Waals surface area contributed by atoms with Crippen LogP contribution in [0.1, 0.15) is 11.3 Å². The van der Waals surface area contributed by atoms with Crippen molar-refractivity contribution in [1.82, 2.24) is 5.48 Å². The van der Waals surface area contributed by atoms with Crippen LogP contribution >= 0.6 is 15.9 Å². The van der Waals surface area contributed by atoms with Crippen molar-refractivity contribution in [3.8, 4) is 11.3 Å². The zero-order valence-electron chi connectivity index (χ0n) is 10.2. The van der Waals surface area contributed by atoms with Crippen LogP contribution in [0.5, 0.6) is 0 Å². The van der Waals surface area contributed by atoms with Crippen LogP contribution in [-0.2, 0) is 4.79 Å². The number of furan rings is 1. The van der Waals surface area contributed by atoms with Gasteiger partial charge >= 0.3 is 0 Å². The first-order valence-corrected chi connectivity index (χ1v) is 6.38. The molecule has 1 aromatic heterocycles. The fourth-order valence-electron chi connectivity index (χ4n) is 1.60. The monoisotopic (exact) mass is 321 g/mol. The summed E-state index contributed by atoms with van der Waals surface area (Å²) in [5.41, 5.74) is 3.61. The van der Waals surface area contributed by atoms with Crippen LogP contribution < -0.4 is 5.48 Å². The Labute approximate surface area is 118 Å². The molecule has 1 amide bonds. The van der Waals surface area contributed by atoms with E-state index in [1.165, 1.54) is 17.6 Å². The van der Waals surface area contributed by atoms with Crippen LogP contribution in [0, 0.1) is 6.92 Å². The van der Waals surface area contributed by atoms with E-state index in [2.05, 4.69) is 15.9 Å². The van der Waals surface area contributed by atoms with Crippen molar-refractivity contribution in [2.75, 3.05) is 0 Å². The van der Waals surface area contributed by atoms with E-state index < -0.39 is 5.91 Å². The van der Waals surface area contributed by atoms with E-state index in [1.54, 1.807) is 6.07 Å². The molecule has 0 aliphatic rings. The molecule has 19 heavy (non-hydrogen) atoms. The van der Waals surface area contributed by atoms with Crippen LogP contribution in [0.3, 0.4) is 0 Å². The van der Waals surface area contributed by atoms with Crippen LogP contribution in [-0.4, -0.2) is 11.1 Å². The van der Waals surface area contributed by atoms with Crippen molar-refractivity contribution in [2.45, 2.75) is 6.92 Å². The number of hydrogen-bond acceptors (Lipinski definition) is 3. The summed E-state index contributed by atoms with van der Waals surface area (Å²) < 4.78 is 6.56. The van der Waals surface area contributed by atoms with Gasteiger partial charge in [0.15, 0.2) is 0 Å². The van der Waals surface area contributed by atoms with Gasteiger partial charge in [0.2, 0.25) is 0 Å². The second-order valence-corrected chi connectivity index (χ2v) is 4.85. The lowest BCUT2D eigenvalue weighted by molar-refractivity contribution is -0.124. The van der Waals surface area contributed by atoms with Crippen molar-refractivity contribution < 1.29 is 14.4 Å². The summed E-state index contributed by atoms with van der Waals surface area (Å²) in [6, 6.07) is 9.55. The zero-order chi connectivity index (χ0) is 13.8. The number of halogens is 1. The third kappa shape index (κ3) is 3.33. The first-order valence-electron chi connectivity index (χ1n) is 5.58. The highest BCUT2D eigenvalue weighted by molar-refractivity contribution is 9.10. The van der Waals surface area contributed by atoms with Crippen LogP contribution in [0.4, 0.5) is 0 Å². The van der Waals surface area contributed by atoms with E-state index >= 15 is 0 Å². The third-order valence-electron chi connectivity index (χ3n) is 2.53. The molecule has 4 nitrogen and oxygen atoms in total. The van der Waals surface area contributed by atoms with E-state index in [0.717, 1.165) is 15.6 Å². The SMILES string of the molecule is Cc1ccc(-c2ccc(/C=C/C(=O)NO)o2)c(Br)c1. The van der Waals surface area contributed by atoms with Crippen LogP contribution in [0.15, 0.2) is 45.3 Å². The maximum absolute atomic E-state index is 10.9. The minimum atomic E-state index is -0.602. The summed E-state index contributed by atoms with van der Waals surface area (Å²) in [7, 11) is 0. The number of amides is 1. The van der Waals surface area contributed by atoms with Crippen molar-refractivity contribution in [2.24, 2.45) is 0 Å². The van der Waals surface area contributed by atoms with E-state index in [-0.39, 0.29) is 0 Å². The molecule has 0 radical (unpaired) electrons. The minimum absolute atomic E-state index is 0.533. The maximum Gasteiger partial charge on any atom is 0.267 e. The highest BCUT2D eigenvalue weighted by Crippen LogP contribution is 2.30. The molecule has 0 aliphatic carbocycles. The first-order chi connectivity index (χ1) is 9.10. The lowest BCUT2D eigenvalue weighted by atomic mass is 10.1. The molecule has 0 atom stereocenters. The number of carbonyl (C=O) groups is 1. The number of rotatable bonds is 3. The van der Waals surface area contributed by atoms with Gasteiger partial charge < -0.3 is 4.42 Å². The Kier molecular flexibility index (Phi) is 4.19. The van der Waals surface area contributed by atoms with Gasteiger partial charge in [-0.05, 0) is 42.8 Å². The summed E-state index contributed by atoms with van der Waals surface area (Å²) >= 11 is 3.49. The Morgan fingerprint density at radius 3 is 2.84 bits per heavy atom. The highest BCUT2D eigenvalue weighted by Gasteiger charge is 2.07. The third-order valence-corrected chi connectivity index (χ3v) is 3.18. The number of carbonyl (C=O) groups excluding carboxylic acids is 1. The van der Waals surface area contributed by atoms with E-state index in [9.17, 15) is 4.79 Å². The van der Waals surface area contributed by atoms with Gasteiger partial charge in [0.05, 0.1) is 0 Å². The van der Waals surface area contributed by atoms with E-state index in [1.807, 2.05) is 31.2 Å². The summed E-state index contributed by atoms with van der Waals surface area (Å²) in [6.07, 6.45) is 2.67. The lowest BCUT2D eigenvalue weighted by Crippen LogP contribution is -2.14. The van der Waals surface area contributed by atoms with Gasteiger partial charge in [-0.15, -0.1) is 0 Å². The average Bonchev–Trinajstić information content (AvgIpc) is 2.84. The number of aryl methyl sites for hydroxylation is 1. The predicted molar refractivity (Wildman–Crippen MR) is 75.5 cm³/mol. The molecule has 1 aromatic carbocycles. The van der Waals surface area contributed by atoms with Gasteiger partial charge in [0, 0.05) is 16.1 Å². The molecular formula is C14H12BrNO3. The van der Waals surface area contributed by atoms with Crippen molar-refractivity contribution >= 4 is 27.9 Å². The molecule has 2 rings (SSSR count). The molecule has 98 valence electrons. The van der Waals surface area contributed by atoms with Gasteiger partial charge in [-0.25, -0.2) is 5.48 Å². The number of nitrogens with one attached hydrogen (secondary N) is 1. The maximum atomic E-state index is 10.9.